The van der Waals surface area contributed by atoms with E-state index in [-0.39, 0.29) is 5.56 Å². The van der Waals surface area contributed by atoms with Crippen LogP contribution in [-0.2, 0) is 11.3 Å². The Balaban J connectivity index is 1.74. The lowest BCUT2D eigenvalue weighted by Gasteiger charge is -2.13. The number of benzene rings is 2. The van der Waals surface area contributed by atoms with Crippen molar-refractivity contribution in [2.24, 2.45) is 0 Å². The molecule has 26 heavy (non-hydrogen) atoms. The minimum Gasteiger partial charge on any atom is -0.493 e. The molecule has 0 radical (unpaired) electrons. The summed E-state index contributed by atoms with van der Waals surface area (Å²) in [5.74, 6) is 1.56. The van der Waals surface area contributed by atoms with Gasteiger partial charge in [-0.25, -0.2) is 4.98 Å². The van der Waals surface area contributed by atoms with Gasteiger partial charge >= 0.3 is 0 Å². The first kappa shape index (κ1) is 18.5. The van der Waals surface area contributed by atoms with Gasteiger partial charge in [-0.3, -0.25) is 9.36 Å². The highest BCUT2D eigenvalue weighted by Gasteiger charge is 2.11. The highest BCUT2D eigenvalue weighted by Crippen LogP contribution is 2.18. The molecule has 1 heterocycles. The molecular weight excluding hydrogens is 348 g/mol. The van der Waals surface area contributed by atoms with Crippen molar-refractivity contribution in [1.82, 2.24) is 9.55 Å². The largest absolute Gasteiger partial charge is 0.493 e. The van der Waals surface area contributed by atoms with Crippen LogP contribution in [0.25, 0.3) is 10.9 Å². The molecule has 136 valence electrons. The fourth-order valence-corrected chi connectivity index (χ4v) is 3.47. The molecule has 0 aliphatic heterocycles. The van der Waals surface area contributed by atoms with Gasteiger partial charge in [0.15, 0.2) is 5.16 Å². The maximum Gasteiger partial charge on any atom is 0.262 e. The molecule has 0 aliphatic rings. The predicted octanol–water partition coefficient (Wildman–Crippen LogP) is 3.60. The molecule has 0 saturated heterocycles. The van der Waals surface area contributed by atoms with Gasteiger partial charge in [0, 0.05) is 26.0 Å². The minimum absolute atomic E-state index is 0.00168. The Morgan fingerprint density at radius 3 is 2.62 bits per heavy atom. The third-order valence-corrected chi connectivity index (χ3v) is 4.82. The SMILES string of the molecule is COCCCn1c(SCCOc2ccccc2)nc2ccccc2c1=O. The smallest absolute Gasteiger partial charge is 0.262 e. The molecule has 0 amide bonds. The summed E-state index contributed by atoms with van der Waals surface area (Å²) in [6, 6.07) is 17.2. The molecule has 0 saturated carbocycles. The fraction of sp³-hybridized carbons (Fsp3) is 0.300. The third kappa shape index (κ3) is 4.65. The minimum atomic E-state index is -0.00168. The van der Waals surface area contributed by atoms with Crippen LogP contribution in [0.15, 0.2) is 64.5 Å². The zero-order valence-electron chi connectivity index (χ0n) is 14.8. The molecule has 0 N–H and O–H groups in total. The quantitative estimate of drug-likeness (QED) is 0.327. The van der Waals surface area contributed by atoms with E-state index < -0.39 is 0 Å². The molecular formula is C20H22N2O3S. The number of ether oxygens (including phenoxy) is 2. The molecule has 0 aliphatic carbocycles. The lowest BCUT2D eigenvalue weighted by molar-refractivity contribution is 0.189. The summed E-state index contributed by atoms with van der Waals surface area (Å²) < 4.78 is 12.6. The van der Waals surface area contributed by atoms with Gasteiger partial charge in [-0.2, -0.15) is 0 Å². The van der Waals surface area contributed by atoms with Crippen molar-refractivity contribution >= 4 is 22.7 Å². The zero-order chi connectivity index (χ0) is 18.2. The number of methoxy groups -OCH3 is 1. The Morgan fingerprint density at radius 2 is 1.81 bits per heavy atom. The van der Waals surface area contributed by atoms with E-state index in [1.807, 2.05) is 54.6 Å². The number of thioether (sulfide) groups is 1. The van der Waals surface area contributed by atoms with Crippen LogP contribution >= 0.6 is 11.8 Å². The lowest BCUT2D eigenvalue weighted by atomic mass is 10.2. The number of hydrogen-bond acceptors (Lipinski definition) is 5. The van der Waals surface area contributed by atoms with E-state index in [1.54, 1.807) is 11.7 Å². The highest BCUT2D eigenvalue weighted by molar-refractivity contribution is 7.99. The third-order valence-electron chi connectivity index (χ3n) is 3.88. The number of rotatable bonds is 9. The van der Waals surface area contributed by atoms with Crippen molar-refractivity contribution in [3.8, 4) is 5.75 Å². The first-order chi connectivity index (χ1) is 12.8. The summed E-state index contributed by atoms with van der Waals surface area (Å²) in [5, 5.41) is 1.37. The summed E-state index contributed by atoms with van der Waals surface area (Å²) in [5.41, 5.74) is 0.727. The lowest BCUT2D eigenvalue weighted by Crippen LogP contribution is -2.24. The number of nitrogens with zero attached hydrogens (tertiary/aromatic N) is 2. The van der Waals surface area contributed by atoms with E-state index in [2.05, 4.69) is 4.98 Å². The van der Waals surface area contributed by atoms with Crippen molar-refractivity contribution < 1.29 is 9.47 Å². The molecule has 0 spiro atoms. The van der Waals surface area contributed by atoms with Gasteiger partial charge in [0.2, 0.25) is 0 Å². The Morgan fingerprint density at radius 1 is 1.04 bits per heavy atom. The molecule has 3 aromatic rings. The van der Waals surface area contributed by atoms with E-state index in [9.17, 15) is 4.79 Å². The Labute approximate surface area is 157 Å². The molecule has 0 atom stereocenters. The number of fused-ring (bicyclic) bond motifs is 1. The average Bonchev–Trinajstić information content (AvgIpc) is 2.68. The van der Waals surface area contributed by atoms with Gasteiger partial charge in [0.1, 0.15) is 5.75 Å². The highest BCUT2D eigenvalue weighted by atomic mass is 32.2. The molecule has 1 aromatic heterocycles. The van der Waals surface area contributed by atoms with Crippen LogP contribution in [0.5, 0.6) is 5.75 Å². The zero-order valence-corrected chi connectivity index (χ0v) is 15.6. The summed E-state index contributed by atoms with van der Waals surface area (Å²) >= 11 is 1.54. The Bertz CT molecular complexity index is 896. The molecule has 5 nitrogen and oxygen atoms in total. The van der Waals surface area contributed by atoms with Crippen molar-refractivity contribution in [3.05, 3.63) is 65.0 Å². The molecule has 0 unspecified atom stereocenters. The fourth-order valence-electron chi connectivity index (χ4n) is 2.63. The first-order valence-corrected chi connectivity index (χ1v) is 9.57. The molecule has 3 rings (SSSR count). The first-order valence-electron chi connectivity index (χ1n) is 8.59. The molecule has 0 bridgehead atoms. The molecule has 6 heteroatoms. The van der Waals surface area contributed by atoms with E-state index in [0.717, 1.165) is 22.8 Å². The molecule has 0 fully saturated rings. The summed E-state index contributed by atoms with van der Waals surface area (Å²) in [7, 11) is 1.66. The number of hydrogen-bond donors (Lipinski definition) is 0. The van der Waals surface area contributed by atoms with Gasteiger partial charge in [-0.15, -0.1) is 0 Å². The van der Waals surface area contributed by atoms with Crippen molar-refractivity contribution in [3.63, 3.8) is 0 Å². The van der Waals surface area contributed by atoms with E-state index >= 15 is 0 Å². The normalized spacial score (nSPS) is 11.0. The average molecular weight is 370 g/mol. The summed E-state index contributed by atoms with van der Waals surface area (Å²) in [6.45, 7) is 1.75. The second kappa shape index (κ2) is 9.40. The van der Waals surface area contributed by atoms with Gasteiger partial charge in [-0.1, -0.05) is 42.1 Å². The maximum atomic E-state index is 12.8. The summed E-state index contributed by atoms with van der Waals surface area (Å²) in [6.07, 6.45) is 0.768. The van der Waals surface area contributed by atoms with Crippen LogP contribution in [0.4, 0.5) is 0 Å². The van der Waals surface area contributed by atoms with E-state index in [4.69, 9.17) is 9.47 Å². The predicted molar refractivity (Wildman–Crippen MR) is 105 cm³/mol. The van der Waals surface area contributed by atoms with Crippen LogP contribution in [0.1, 0.15) is 6.42 Å². The van der Waals surface area contributed by atoms with Crippen LogP contribution in [-0.4, -0.2) is 35.6 Å². The van der Waals surface area contributed by atoms with Gasteiger partial charge < -0.3 is 9.47 Å². The van der Waals surface area contributed by atoms with Crippen LogP contribution < -0.4 is 10.3 Å². The van der Waals surface area contributed by atoms with Crippen LogP contribution in [0.2, 0.25) is 0 Å². The topological polar surface area (TPSA) is 53.4 Å². The van der Waals surface area contributed by atoms with Crippen molar-refractivity contribution in [2.45, 2.75) is 18.1 Å². The second-order valence-electron chi connectivity index (χ2n) is 5.72. The van der Waals surface area contributed by atoms with Crippen LogP contribution in [0.3, 0.4) is 0 Å². The number of para-hydroxylation sites is 2. The van der Waals surface area contributed by atoms with Gasteiger partial charge in [-0.05, 0) is 30.7 Å². The van der Waals surface area contributed by atoms with E-state index in [0.29, 0.717) is 30.9 Å². The second-order valence-corrected chi connectivity index (χ2v) is 6.79. The number of aromatic nitrogens is 2. The monoisotopic (exact) mass is 370 g/mol. The van der Waals surface area contributed by atoms with Crippen LogP contribution in [0, 0.1) is 0 Å². The summed E-state index contributed by atoms with van der Waals surface area (Å²) in [4.78, 5) is 17.5. The van der Waals surface area contributed by atoms with Crippen molar-refractivity contribution in [2.75, 3.05) is 26.1 Å². The van der Waals surface area contributed by atoms with Gasteiger partial charge in [0.25, 0.3) is 5.56 Å². The van der Waals surface area contributed by atoms with Gasteiger partial charge in [0.05, 0.1) is 17.5 Å². The molecule has 2 aromatic carbocycles. The standard InChI is InChI=1S/C20H22N2O3S/c1-24-13-7-12-22-19(23)17-10-5-6-11-18(17)21-20(22)26-15-14-25-16-8-3-2-4-9-16/h2-6,8-11H,7,12-15H2,1H3. The van der Waals surface area contributed by atoms with E-state index in [1.165, 1.54) is 11.8 Å². The Hall–Kier alpha value is -2.31. The maximum absolute atomic E-state index is 12.8. The van der Waals surface area contributed by atoms with Crippen molar-refractivity contribution in [1.29, 1.82) is 0 Å². The Kier molecular flexibility index (Phi) is 6.68.